The van der Waals surface area contributed by atoms with Gasteiger partial charge in [-0.25, -0.2) is 14.4 Å². The fourth-order valence-electron chi connectivity index (χ4n) is 4.28. The van der Waals surface area contributed by atoms with E-state index < -0.39 is 0 Å². The SMILES string of the molecule is Cn1c(-c2cccc(F)c2)nc2ccc(-c3cc(NC(=O)[C@@H]4CCCNC4)ncc3Cl)cc21. The Balaban J connectivity index is 1.48. The largest absolute Gasteiger partial charge is 0.327 e. The van der Waals surface area contributed by atoms with Crippen LogP contribution >= 0.6 is 11.6 Å². The van der Waals surface area contributed by atoms with Crippen LogP contribution in [0.5, 0.6) is 0 Å². The predicted octanol–water partition coefficient (Wildman–Crippen LogP) is 5.03. The van der Waals surface area contributed by atoms with E-state index in [1.54, 1.807) is 18.3 Å². The average molecular weight is 464 g/mol. The number of piperidine rings is 1. The molecule has 168 valence electrons. The van der Waals surface area contributed by atoms with Crippen LogP contribution in [0.3, 0.4) is 0 Å². The molecule has 2 aromatic heterocycles. The van der Waals surface area contributed by atoms with Crippen LogP contribution in [-0.2, 0) is 11.8 Å². The number of fused-ring (bicyclic) bond motifs is 1. The normalized spacial score (nSPS) is 16.2. The molecule has 0 radical (unpaired) electrons. The first kappa shape index (κ1) is 21.6. The molecule has 1 amide bonds. The van der Waals surface area contributed by atoms with Crippen molar-refractivity contribution in [1.82, 2.24) is 19.9 Å². The number of anilines is 1. The lowest BCUT2D eigenvalue weighted by molar-refractivity contribution is -0.120. The van der Waals surface area contributed by atoms with Crippen molar-refractivity contribution in [2.24, 2.45) is 13.0 Å². The molecule has 6 nitrogen and oxygen atoms in total. The number of imidazole rings is 1. The molecule has 1 fully saturated rings. The molecule has 3 heterocycles. The summed E-state index contributed by atoms with van der Waals surface area (Å²) in [6.45, 7) is 1.63. The van der Waals surface area contributed by atoms with Gasteiger partial charge in [0.1, 0.15) is 17.5 Å². The second-order valence-electron chi connectivity index (χ2n) is 8.29. The average Bonchev–Trinajstić information content (AvgIpc) is 3.16. The third-order valence-electron chi connectivity index (χ3n) is 6.05. The van der Waals surface area contributed by atoms with E-state index in [-0.39, 0.29) is 17.6 Å². The van der Waals surface area contributed by atoms with Crippen LogP contribution in [0, 0.1) is 11.7 Å². The molecule has 0 spiro atoms. The van der Waals surface area contributed by atoms with Crippen LogP contribution in [0.2, 0.25) is 5.02 Å². The van der Waals surface area contributed by atoms with Crippen molar-refractivity contribution in [2.45, 2.75) is 12.8 Å². The molecule has 1 aliphatic rings. The van der Waals surface area contributed by atoms with Gasteiger partial charge in [0.25, 0.3) is 0 Å². The van der Waals surface area contributed by atoms with E-state index in [1.807, 2.05) is 35.9 Å². The van der Waals surface area contributed by atoms with Gasteiger partial charge in [0.05, 0.1) is 22.0 Å². The number of nitrogens with one attached hydrogen (secondary N) is 2. The Hall–Kier alpha value is -3.29. The van der Waals surface area contributed by atoms with Crippen LogP contribution in [-0.4, -0.2) is 33.5 Å². The Morgan fingerprint density at radius 3 is 2.88 bits per heavy atom. The summed E-state index contributed by atoms with van der Waals surface area (Å²) in [5, 5.41) is 6.67. The number of pyridine rings is 1. The summed E-state index contributed by atoms with van der Waals surface area (Å²) < 4.78 is 15.7. The first-order valence-corrected chi connectivity index (χ1v) is 11.3. The third kappa shape index (κ3) is 4.34. The highest BCUT2D eigenvalue weighted by atomic mass is 35.5. The van der Waals surface area contributed by atoms with E-state index in [2.05, 4.69) is 20.6 Å². The number of benzene rings is 2. The topological polar surface area (TPSA) is 71.8 Å². The second-order valence-corrected chi connectivity index (χ2v) is 8.70. The molecule has 0 unspecified atom stereocenters. The predicted molar refractivity (Wildman–Crippen MR) is 129 cm³/mol. The number of nitrogens with zero attached hydrogens (tertiary/aromatic N) is 3. The molecule has 0 saturated carbocycles. The lowest BCUT2D eigenvalue weighted by atomic mass is 9.99. The number of amides is 1. The van der Waals surface area contributed by atoms with Crippen molar-refractivity contribution >= 4 is 34.4 Å². The first-order valence-electron chi connectivity index (χ1n) is 10.9. The van der Waals surface area contributed by atoms with Crippen LogP contribution in [0.4, 0.5) is 10.2 Å². The van der Waals surface area contributed by atoms with Gasteiger partial charge < -0.3 is 15.2 Å². The Bertz CT molecular complexity index is 1350. The maximum atomic E-state index is 13.7. The number of hydrogen-bond acceptors (Lipinski definition) is 4. The van der Waals surface area contributed by atoms with Gasteiger partial charge in [0, 0.05) is 30.9 Å². The van der Waals surface area contributed by atoms with Crippen LogP contribution in [0.25, 0.3) is 33.5 Å². The van der Waals surface area contributed by atoms with Crippen molar-refractivity contribution < 1.29 is 9.18 Å². The molecular formula is C25H23ClFN5O. The van der Waals surface area contributed by atoms with Crippen LogP contribution in [0.15, 0.2) is 54.7 Å². The second kappa shape index (κ2) is 8.92. The molecule has 1 aliphatic heterocycles. The number of aryl methyl sites for hydroxylation is 1. The Labute approximate surface area is 195 Å². The van der Waals surface area contributed by atoms with Gasteiger partial charge in [-0.15, -0.1) is 0 Å². The van der Waals surface area contributed by atoms with E-state index in [9.17, 15) is 9.18 Å². The fourth-order valence-corrected chi connectivity index (χ4v) is 4.49. The van der Waals surface area contributed by atoms with E-state index in [1.165, 1.54) is 12.1 Å². The minimum Gasteiger partial charge on any atom is -0.327 e. The molecule has 33 heavy (non-hydrogen) atoms. The number of rotatable bonds is 4. The molecule has 5 rings (SSSR count). The standard InChI is InChI=1S/C25H23ClFN5O/c1-32-22-11-15(7-8-21(22)30-24(32)16-4-2-6-18(27)10-16)19-12-23(29-14-20(19)26)31-25(33)17-5-3-9-28-13-17/h2,4,6-8,10-12,14,17,28H,3,5,9,13H2,1H3,(H,29,31,33)/t17-/m1/s1. The highest BCUT2D eigenvalue weighted by Gasteiger charge is 2.21. The van der Waals surface area contributed by atoms with Crippen molar-refractivity contribution in [3.8, 4) is 22.5 Å². The number of hydrogen-bond donors (Lipinski definition) is 2. The quantitative estimate of drug-likeness (QED) is 0.445. The van der Waals surface area contributed by atoms with Gasteiger partial charge >= 0.3 is 0 Å². The molecule has 2 aromatic carbocycles. The molecule has 8 heteroatoms. The van der Waals surface area contributed by atoms with Crippen molar-refractivity contribution in [3.63, 3.8) is 0 Å². The Morgan fingerprint density at radius 1 is 1.21 bits per heavy atom. The van der Waals surface area contributed by atoms with E-state index in [4.69, 9.17) is 11.6 Å². The van der Waals surface area contributed by atoms with Crippen molar-refractivity contribution in [2.75, 3.05) is 18.4 Å². The summed E-state index contributed by atoms with van der Waals surface area (Å²) in [4.78, 5) is 21.6. The maximum absolute atomic E-state index is 13.7. The summed E-state index contributed by atoms with van der Waals surface area (Å²) in [5.41, 5.74) is 4.03. The number of carbonyl (C=O) groups is 1. The lowest BCUT2D eigenvalue weighted by Crippen LogP contribution is -2.37. The van der Waals surface area contributed by atoms with Crippen molar-refractivity contribution in [3.05, 3.63) is 65.6 Å². The minimum atomic E-state index is -0.303. The molecule has 1 atom stereocenters. The Kier molecular flexibility index (Phi) is 5.83. The van der Waals surface area contributed by atoms with Gasteiger partial charge in [0.2, 0.25) is 5.91 Å². The highest BCUT2D eigenvalue weighted by Crippen LogP contribution is 2.33. The fraction of sp³-hybridized carbons (Fsp3) is 0.240. The van der Waals surface area contributed by atoms with Gasteiger partial charge in [-0.05, 0) is 55.3 Å². The number of aromatic nitrogens is 3. The zero-order valence-corrected chi connectivity index (χ0v) is 18.9. The zero-order valence-electron chi connectivity index (χ0n) is 18.1. The number of halogens is 2. The first-order chi connectivity index (χ1) is 16.0. The molecule has 0 bridgehead atoms. The molecular weight excluding hydrogens is 441 g/mol. The highest BCUT2D eigenvalue weighted by molar-refractivity contribution is 6.33. The minimum absolute atomic E-state index is 0.0372. The van der Waals surface area contributed by atoms with Gasteiger partial charge in [-0.2, -0.15) is 0 Å². The van der Waals surface area contributed by atoms with E-state index in [0.717, 1.165) is 41.5 Å². The molecule has 4 aromatic rings. The summed E-state index contributed by atoms with van der Waals surface area (Å²) in [5.74, 6) is 0.742. The molecule has 1 saturated heterocycles. The molecule has 0 aliphatic carbocycles. The summed E-state index contributed by atoms with van der Waals surface area (Å²) in [6, 6.07) is 14.0. The third-order valence-corrected chi connectivity index (χ3v) is 6.35. The van der Waals surface area contributed by atoms with Crippen LogP contribution in [0.1, 0.15) is 12.8 Å². The van der Waals surface area contributed by atoms with Gasteiger partial charge in [-0.3, -0.25) is 4.79 Å². The zero-order chi connectivity index (χ0) is 22.9. The van der Waals surface area contributed by atoms with Crippen molar-refractivity contribution in [1.29, 1.82) is 0 Å². The number of carbonyl (C=O) groups excluding carboxylic acids is 1. The van der Waals surface area contributed by atoms with E-state index >= 15 is 0 Å². The summed E-state index contributed by atoms with van der Waals surface area (Å²) in [7, 11) is 1.90. The Morgan fingerprint density at radius 2 is 2.09 bits per heavy atom. The summed E-state index contributed by atoms with van der Waals surface area (Å²) >= 11 is 6.48. The summed E-state index contributed by atoms with van der Waals surface area (Å²) in [6.07, 6.45) is 3.40. The maximum Gasteiger partial charge on any atom is 0.229 e. The van der Waals surface area contributed by atoms with E-state index in [0.29, 0.717) is 28.8 Å². The molecule has 2 N–H and O–H groups in total. The monoisotopic (exact) mass is 463 g/mol. The van der Waals surface area contributed by atoms with Gasteiger partial charge in [0.15, 0.2) is 0 Å². The smallest absolute Gasteiger partial charge is 0.229 e. The van der Waals surface area contributed by atoms with Crippen LogP contribution < -0.4 is 10.6 Å². The van der Waals surface area contributed by atoms with Gasteiger partial charge in [-0.1, -0.05) is 29.8 Å². The lowest BCUT2D eigenvalue weighted by Gasteiger charge is -2.21.